The molecule has 0 fully saturated rings. The van der Waals surface area contributed by atoms with Gasteiger partial charge in [0.1, 0.15) is 5.76 Å². The summed E-state index contributed by atoms with van der Waals surface area (Å²) >= 11 is 0. The minimum atomic E-state index is 0.956. The fraction of sp³-hybridized carbons (Fsp3) is 0.429. The predicted octanol–water partition coefficient (Wildman–Crippen LogP) is 1.02. The maximum Gasteiger partial charge on any atom is 0.137 e. The molecule has 9 heavy (non-hydrogen) atoms. The Morgan fingerprint density at radius 1 is 1.67 bits per heavy atom. The largest absolute Gasteiger partial charge is 0.495 e. The standard InChI is InChI=1S/C7H11NO/c1-8-6-4-3-5-7(6)9-2/h3,5,8H,4H2,1-2H3. The molecular weight excluding hydrogens is 114 g/mol. The van der Waals surface area contributed by atoms with E-state index in [4.69, 9.17) is 4.74 Å². The van der Waals surface area contributed by atoms with Crippen LogP contribution in [0.15, 0.2) is 23.6 Å². The fourth-order valence-electron chi connectivity index (χ4n) is 0.902. The van der Waals surface area contributed by atoms with Crippen LogP contribution in [0.1, 0.15) is 6.42 Å². The molecule has 1 N–H and O–H groups in total. The lowest BCUT2D eigenvalue weighted by Crippen LogP contribution is -2.05. The Bertz CT molecular complexity index is 158. The Balaban J connectivity index is 2.67. The van der Waals surface area contributed by atoms with Crippen LogP contribution in [0.3, 0.4) is 0 Å². The van der Waals surface area contributed by atoms with Gasteiger partial charge in [0.2, 0.25) is 0 Å². The van der Waals surface area contributed by atoms with Crippen LogP contribution in [0.2, 0.25) is 0 Å². The van der Waals surface area contributed by atoms with Gasteiger partial charge in [-0.1, -0.05) is 6.08 Å². The molecule has 0 aliphatic heterocycles. The maximum absolute atomic E-state index is 5.04. The lowest BCUT2D eigenvalue weighted by molar-refractivity contribution is 0.301. The van der Waals surface area contributed by atoms with Gasteiger partial charge >= 0.3 is 0 Å². The second-order valence-corrected chi connectivity index (χ2v) is 1.90. The highest BCUT2D eigenvalue weighted by Gasteiger charge is 2.05. The molecule has 0 spiro atoms. The van der Waals surface area contributed by atoms with Crippen molar-refractivity contribution in [2.24, 2.45) is 0 Å². The maximum atomic E-state index is 5.04. The van der Waals surface area contributed by atoms with E-state index in [0.29, 0.717) is 0 Å². The molecule has 0 aromatic rings. The first kappa shape index (κ1) is 6.20. The molecule has 1 aliphatic carbocycles. The van der Waals surface area contributed by atoms with E-state index in [1.54, 1.807) is 7.11 Å². The van der Waals surface area contributed by atoms with Gasteiger partial charge < -0.3 is 10.1 Å². The lowest BCUT2D eigenvalue weighted by atomic mass is 10.4. The van der Waals surface area contributed by atoms with Crippen molar-refractivity contribution in [1.29, 1.82) is 0 Å². The third kappa shape index (κ3) is 1.07. The fourth-order valence-corrected chi connectivity index (χ4v) is 0.902. The summed E-state index contributed by atoms with van der Waals surface area (Å²) in [6, 6.07) is 0. The van der Waals surface area contributed by atoms with E-state index in [1.165, 1.54) is 0 Å². The van der Waals surface area contributed by atoms with Crippen LogP contribution >= 0.6 is 0 Å². The van der Waals surface area contributed by atoms with Crippen molar-refractivity contribution in [3.63, 3.8) is 0 Å². The van der Waals surface area contributed by atoms with Gasteiger partial charge in [-0.15, -0.1) is 0 Å². The predicted molar refractivity (Wildman–Crippen MR) is 36.9 cm³/mol. The van der Waals surface area contributed by atoms with Gasteiger partial charge in [0.05, 0.1) is 12.8 Å². The van der Waals surface area contributed by atoms with Gasteiger partial charge in [-0.2, -0.15) is 0 Å². The summed E-state index contributed by atoms with van der Waals surface area (Å²) in [5, 5.41) is 3.06. The van der Waals surface area contributed by atoms with E-state index >= 15 is 0 Å². The van der Waals surface area contributed by atoms with E-state index in [1.807, 2.05) is 13.1 Å². The quantitative estimate of drug-likeness (QED) is 0.595. The Hall–Kier alpha value is -0.920. The van der Waals surface area contributed by atoms with Gasteiger partial charge in [0.15, 0.2) is 0 Å². The minimum absolute atomic E-state index is 0.956. The third-order valence-corrected chi connectivity index (χ3v) is 1.41. The van der Waals surface area contributed by atoms with Crippen molar-refractivity contribution in [3.05, 3.63) is 23.6 Å². The molecule has 0 atom stereocenters. The van der Waals surface area contributed by atoms with E-state index in [-0.39, 0.29) is 0 Å². The molecule has 0 radical (unpaired) electrons. The second-order valence-electron chi connectivity index (χ2n) is 1.90. The number of ether oxygens (including phenoxy) is 1. The summed E-state index contributed by atoms with van der Waals surface area (Å²) in [5.41, 5.74) is 1.16. The molecule has 0 saturated carbocycles. The van der Waals surface area contributed by atoms with Crippen LogP contribution in [0, 0.1) is 0 Å². The van der Waals surface area contributed by atoms with Gasteiger partial charge in [-0.3, -0.25) is 0 Å². The highest BCUT2D eigenvalue weighted by Crippen LogP contribution is 2.15. The smallest absolute Gasteiger partial charge is 0.137 e. The first-order chi connectivity index (χ1) is 4.38. The summed E-state index contributed by atoms with van der Waals surface area (Å²) in [7, 11) is 3.59. The number of rotatable bonds is 2. The lowest BCUT2D eigenvalue weighted by Gasteiger charge is -2.02. The van der Waals surface area contributed by atoms with Crippen molar-refractivity contribution in [3.8, 4) is 0 Å². The molecule has 0 heterocycles. The molecule has 0 saturated heterocycles. The molecule has 0 aromatic heterocycles. The van der Waals surface area contributed by atoms with Crippen molar-refractivity contribution in [2.45, 2.75) is 6.42 Å². The molecule has 50 valence electrons. The third-order valence-electron chi connectivity index (χ3n) is 1.41. The van der Waals surface area contributed by atoms with Gasteiger partial charge in [-0.05, 0) is 6.08 Å². The van der Waals surface area contributed by atoms with Crippen LogP contribution in [0.4, 0.5) is 0 Å². The van der Waals surface area contributed by atoms with E-state index in [0.717, 1.165) is 17.9 Å². The van der Waals surface area contributed by atoms with Crippen LogP contribution in [0.25, 0.3) is 0 Å². The first-order valence-corrected chi connectivity index (χ1v) is 3.00. The second kappa shape index (κ2) is 2.58. The summed E-state index contributed by atoms with van der Waals surface area (Å²) in [5.74, 6) is 0.956. The van der Waals surface area contributed by atoms with E-state index < -0.39 is 0 Å². The number of hydrogen-bond acceptors (Lipinski definition) is 2. The number of methoxy groups -OCH3 is 1. The Labute approximate surface area is 55.2 Å². The highest BCUT2D eigenvalue weighted by molar-refractivity contribution is 5.27. The number of hydrogen-bond donors (Lipinski definition) is 1. The van der Waals surface area contributed by atoms with Crippen molar-refractivity contribution in [1.82, 2.24) is 5.32 Å². The van der Waals surface area contributed by atoms with Crippen LogP contribution in [-0.4, -0.2) is 14.2 Å². The number of nitrogens with one attached hydrogen (secondary N) is 1. The molecule has 2 nitrogen and oxygen atoms in total. The molecular formula is C7H11NO. The zero-order valence-corrected chi connectivity index (χ0v) is 5.77. The van der Waals surface area contributed by atoms with E-state index in [2.05, 4.69) is 11.4 Å². The summed E-state index contributed by atoms with van der Waals surface area (Å²) in [4.78, 5) is 0. The van der Waals surface area contributed by atoms with Crippen molar-refractivity contribution >= 4 is 0 Å². The zero-order valence-electron chi connectivity index (χ0n) is 5.77. The van der Waals surface area contributed by atoms with Crippen LogP contribution in [-0.2, 0) is 4.74 Å². The molecule has 1 rings (SSSR count). The normalized spacial score (nSPS) is 16.7. The molecule has 1 aliphatic rings. The Morgan fingerprint density at radius 2 is 2.44 bits per heavy atom. The van der Waals surface area contributed by atoms with E-state index in [9.17, 15) is 0 Å². The Kier molecular flexibility index (Phi) is 1.78. The van der Waals surface area contributed by atoms with Crippen LogP contribution < -0.4 is 5.32 Å². The summed E-state index contributed by atoms with van der Waals surface area (Å²) in [6.07, 6.45) is 5.02. The Morgan fingerprint density at radius 3 is 2.89 bits per heavy atom. The molecule has 0 amide bonds. The monoisotopic (exact) mass is 125 g/mol. The highest BCUT2D eigenvalue weighted by atomic mass is 16.5. The van der Waals surface area contributed by atoms with Gasteiger partial charge in [-0.25, -0.2) is 0 Å². The van der Waals surface area contributed by atoms with Crippen molar-refractivity contribution < 1.29 is 4.74 Å². The summed E-state index contributed by atoms with van der Waals surface area (Å²) < 4.78 is 5.04. The van der Waals surface area contributed by atoms with Crippen LogP contribution in [0.5, 0.6) is 0 Å². The minimum Gasteiger partial charge on any atom is -0.495 e. The average Bonchev–Trinajstić information content (AvgIpc) is 2.33. The molecule has 0 aromatic carbocycles. The molecule has 0 bridgehead atoms. The molecule has 2 heteroatoms. The van der Waals surface area contributed by atoms with Gasteiger partial charge in [0.25, 0.3) is 0 Å². The average molecular weight is 125 g/mol. The first-order valence-electron chi connectivity index (χ1n) is 3.00. The molecule has 0 unspecified atom stereocenters. The SMILES string of the molecule is CNC1=C(OC)C=CC1. The zero-order chi connectivity index (χ0) is 6.69. The summed E-state index contributed by atoms with van der Waals surface area (Å²) in [6.45, 7) is 0. The van der Waals surface area contributed by atoms with Gasteiger partial charge in [0, 0.05) is 13.5 Å². The number of allylic oxidation sites excluding steroid dienone is 2. The topological polar surface area (TPSA) is 21.3 Å². The van der Waals surface area contributed by atoms with Crippen molar-refractivity contribution in [2.75, 3.05) is 14.2 Å².